The number of hydrogen-bond donors (Lipinski definition) is 0. The van der Waals surface area contributed by atoms with Gasteiger partial charge in [-0.3, -0.25) is 0 Å². The second kappa shape index (κ2) is 5.93. The van der Waals surface area contributed by atoms with Crippen LogP contribution < -0.4 is 9.68 Å². The Bertz CT molecular complexity index is 1100. The zero-order valence-corrected chi connectivity index (χ0v) is 13.7. The Hall–Kier alpha value is -3.80. The summed E-state index contributed by atoms with van der Waals surface area (Å²) in [7, 11) is 0. The van der Waals surface area contributed by atoms with Crippen molar-refractivity contribution in [3.8, 4) is 11.5 Å². The SMILES string of the molecule is c1ccc2c(c1)cnn2Oc1ccc(On2ncc3ccccc32)cc1. The van der Waals surface area contributed by atoms with Gasteiger partial charge >= 0.3 is 0 Å². The minimum atomic E-state index is 0.663. The van der Waals surface area contributed by atoms with Crippen molar-refractivity contribution in [3.63, 3.8) is 0 Å². The molecule has 26 heavy (non-hydrogen) atoms. The van der Waals surface area contributed by atoms with Crippen LogP contribution in [0.2, 0.25) is 0 Å². The average Bonchev–Trinajstić information content (AvgIpc) is 3.28. The average molecular weight is 342 g/mol. The van der Waals surface area contributed by atoms with E-state index in [1.165, 1.54) is 9.69 Å². The van der Waals surface area contributed by atoms with E-state index in [1.807, 2.05) is 72.8 Å². The monoisotopic (exact) mass is 342 g/mol. The van der Waals surface area contributed by atoms with E-state index in [0.717, 1.165) is 21.8 Å². The van der Waals surface area contributed by atoms with Gasteiger partial charge in [0.1, 0.15) is 11.0 Å². The summed E-state index contributed by atoms with van der Waals surface area (Å²) in [5.74, 6) is 1.33. The molecule has 5 aromatic rings. The summed E-state index contributed by atoms with van der Waals surface area (Å²) in [6.45, 7) is 0. The fourth-order valence-corrected chi connectivity index (χ4v) is 2.80. The van der Waals surface area contributed by atoms with Gasteiger partial charge in [0.15, 0.2) is 11.5 Å². The van der Waals surface area contributed by atoms with Gasteiger partial charge in [0, 0.05) is 10.8 Å². The smallest absolute Gasteiger partial charge is 0.158 e. The highest BCUT2D eigenvalue weighted by molar-refractivity contribution is 5.78. The van der Waals surface area contributed by atoms with Crippen molar-refractivity contribution in [3.05, 3.63) is 85.2 Å². The molecule has 0 fully saturated rings. The summed E-state index contributed by atoms with van der Waals surface area (Å²) in [5.41, 5.74) is 1.83. The molecule has 0 aliphatic rings. The van der Waals surface area contributed by atoms with Crippen LogP contribution in [0.25, 0.3) is 21.8 Å². The molecule has 0 radical (unpaired) electrons. The molecular weight excluding hydrogens is 328 g/mol. The fourth-order valence-electron chi connectivity index (χ4n) is 2.80. The van der Waals surface area contributed by atoms with Gasteiger partial charge in [0.05, 0.1) is 12.4 Å². The quantitative estimate of drug-likeness (QED) is 0.494. The third kappa shape index (κ3) is 2.53. The first-order valence-corrected chi connectivity index (χ1v) is 8.19. The predicted molar refractivity (Wildman–Crippen MR) is 98.0 cm³/mol. The lowest BCUT2D eigenvalue weighted by atomic mass is 10.3. The first-order valence-electron chi connectivity index (χ1n) is 8.19. The zero-order chi connectivity index (χ0) is 17.3. The van der Waals surface area contributed by atoms with Crippen molar-refractivity contribution in [2.75, 3.05) is 0 Å². The summed E-state index contributed by atoms with van der Waals surface area (Å²) in [6.07, 6.45) is 3.55. The summed E-state index contributed by atoms with van der Waals surface area (Å²) in [6, 6.07) is 23.1. The fraction of sp³-hybridized carbons (Fsp3) is 0. The van der Waals surface area contributed by atoms with Crippen LogP contribution >= 0.6 is 0 Å². The minimum Gasteiger partial charge on any atom is -0.357 e. The van der Waals surface area contributed by atoms with Crippen molar-refractivity contribution < 1.29 is 9.68 Å². The van der Waals surface area contributed by atoms with Crippen LogP contribution in [0.4, 0.5) is 0 Å². The Morgan fingerprint density at radius 1 is 0.538 bits per heavy atom. The van der Waals surface area contributed by atoms with Crippen LogP contribution in [0.5, 0.6) is 11.5 Å². The number of hydrogen-bond acceptors (Lipinski definition) is 4. The molecular formula is C20H14N4O2. The summed E-state index contributed by atoms with van der Waals surface area (Å²) in [4.78, 5) is 14.7. The number of rotatable bonds is 4. The van der Waals surface area contributed by atoms with E-state index in [9.17, 15) is 0 Å². The molecule has 0 saturated heterocycles. The van der Waals surface area contributed by atoms with Crippen molar-refractivity contribution >= 4 is 21.8 Å². The van der Waals surface area contributed by atoms with Crippen LogP contribution in [0.1, 0.15) is 0 Å². The Kier molecular flexibility index (Phi) is 3.31. The molecule has 0 aliphatic carbocycles. The Morgan fingerprint density at radius 2 is 0.962 bits per heavy atom. The van der Waals surface area contributed by atoms with E-state index in [4.69, 9.17) is 9.68 Å². The molecule has 2 heterocycles. The van der Waals surface area contributed by atoms with Crippen LogP contribution in [0.15, 0.2) is 85.2 Å². The molecule has 126 valence electrons. The van der Waals surface area contributed by atoms with E-state index in [0.29, 0.717) is 11.5 Å². The highest BCUT2D eigenvalue weighted by Crippen LogP contribution is 2.21. The summed E-state index contributed by atoms with van der Waals surface area (Å²) in [5, 5.41) is 10.6. The number of aromatic nitrogens is 4. The molecule has 6 nitrogen and oxygen atoms in total. The Balaban J connectivity index is 1.37. The van der Waals surface area contributed by atoms with E-state index < -0.39 is 0 Å². The van der Waals surface area contributed by atoms with Crippen molar-refractivity contribution in [1.29, 1.82) is 0 Å². The summed E-state index contributed by atoms with van der Waals surface area (Å²) < 4.78 is 0. The number of para-hydroxylation sites is 2. The second-order valence-corrected chi connectivity index (χ2v) is 5.81. The van der Waals surface area contributed by atoms with E-state index in [2.05, 4.69) is 10.2 Å². The maximum atomic E-state index is 5.82. The topological polar surface area (TPSA) is 54.1 Å². The van der Waals surface area contributed by atoms with Gasteiger partial charge in [-0.1, -0.05) is 46.1 Å². The molecule has 3 aromatic carbocycles. The van der Waals surface area contributed by atoms with Gasteiger partial charge < -0.3 is 9.68 Å². The minimum absolute atomic E-state index is 0.663. The lowest BCUT2D eigenvalue weighted by molar-refractivity contribution is 0.184. The van der Waals surface area contributed by atoms with Crippen LogP contribution in [-0.2, 0) is 0 Å². The van der Waals surface area contributed by atoms with Crippen LogP contribution in [-0.4, -0.2) is 19.9 Å². The van der Waals surface area contributed by atoms with Crippen LogP contribution in [0, 0.1) is 0 Å². The first kappa shape index (κ1) is 14.5. The molecule has 0 atom stereocenters. The molecule has 0 saturated carbocycles. The molecule has 0 bridgehead atoms. The first-order chi connectivity index (χ1) is 12.9. The van der Waals surface area contributed by atoms with Crippen molar-refractivity contribution in [2.24, 2.45) is 0 Å². The number of benzene rings is 3. The number of fused-ring (bicyclic) bond motifs is 2. The highest BCUT2D eigenvalue weighted by atomic mass is 16.7. The normalized spacial score (nSPS) is 11.1. The van der Waals surface area contributed by atoms with Crippen LogP contribution in [0.3, 0.4) is 0 Å². The molecule has 0 aliphatic heterocycles. The molecule has 2 aromatic heterocycles. The maximum Gasteiger partial charge on any atom is 0.158 e. The third-order valence-corrected chi connectivity index (χ3v) is 4.10. The number of nitrogens with zero attached hydrogens (tertiary/aromatic N) is 4. The zero-order valence-electron chi connectivity index (χ0n) is 13.7. The van der Waals surface area contributed by atoms with E-state index in [1.54, 1.807) is 12.4 Å². The molecule has 0 amide bonds. The standard InChI is InChI=1S/C20H14N4O2/c1-3-7-19-15(5-1)13-21-23(19)25-17-9-11-18(12-10-17)26-24-20-8-4-2-6-16(20)14-22-24/h1-14H. The Morgan fingerprint density at radius 3 is 1.42 bits per heavy atom. The molecule has 6 heteroatoms. The van der Waals surface area contributed by atoms with Gasteiger partial charge in [-0.2, -0.15) is 0 Å². The van der Waals surface area contributed by atoms with Gasteiger partial charge in [0.25, 0.3) is 0 Å². The molecule has 5 rings (SSSR count). The third-order valence-electron chi connectivity index (χ3n) is 4.10. The maximum absolute atomic E-state index is 5.82. The van der Waals surface area contributed by atoms with Gasteiger partial charge in [0.2, 0.25) is 0 Å². The summed E-state index contributed by atoms with van der Waals surface area (Å²) >= 11 is 0. The molecule has 0 spiro atoms. The largest absolute Gasteiger partial charge is 0.357 e. The van der Waals surface area contributed by atoms with Crippen molar-refractivity contribution in [2.45, 2.75) is 0 Å². The predicted octanol–water partition coefficient (Wildman–Crippen LogP) is 4.07. The van der Waals surface area contributed by atoms with Crippen molar-refractivity contribution in [1.82, 2.24) is 19.9 Å². The molecule has 0 unspecified atom stereocenters. The van der Waals surface area contributed by atoms with E-state index >= 15 is 0 Å². The Labute approximate surface area is 148 Å². The molecule has 0 N–H and O–H groups in total. The lowest BCUT2D eigenvalue weighted by Gasteiger charge is -2.08. The van der Waals surface area contributed by atoms with Gasteiger partial charge in [-0.25, -0.2) is 0 Å². The second-order valence-electron chi connectivity index (χ2n) is 5.81. The highest BCUT2D eigenvalue weighted by Gasteiger charge is 2.06. The van der Waals surface area contributed by atoms with E-state index in [-0.39, 0.29) is 0 Å². The lowest BCUT2D eigenvalue weighted by Crippen LogP contribution is -2.08. The van der Waals surface area contributed by atoms with Gasteiger partial charge in [-0.15, -0.1) is 10.2 Å². The van der Waals surface area contributed by atoms with Gasteiger partial charge in [-0.05, 0) is 36.4 Å².